The minimum Gasteiger partial charge on any atom is -0.356 e. The molecule has 3 heteroatoms. The van der Waals surface area contributed by atoms with E-state index >= 15 is 0 Å². The van der Waals surface area contributed by atoms with E-state index in [0.717, 1.165) is 16.4 Å². The van der Waals surface area contributed by atoms with Crippen molar-refractivity contribution in [1.82, 2.24) is 14.5 Å². The Morgan fingerprint density at radius 2 is 1.59 bits per heavy atom. The van der Waals surface area contributed by atoms with Crippen LogP contribution in [0.25, 0.3) is 43.4 Å². The molecule has 0 aliphatic heterocycles. The minimum atomic E-state index is 1.02. The Hall–Kier alpha value is -2.94. The normalized spacial score (nSPS) is 11.9. The van der Waals surface area contributed by atoms with Gasteiger partial charge in [0.2, 0.25) is 0 Å². The lowest BCUT2D eigenvalue weighted by molar-refractivity contribution is 0.934. The topological polar surface area (TPSA) is 30.7 Å². The molecule has 0 aliphatic carbocycles. The second-order valence-corrected chi connectivity index (χ2v) is 5.72. The minimum absolute atomic E-state index is 1.02. The fourth-order valence-corrected chi connectivity index (χ4v) is 3.42. The van der Waals surface area contributed by atoms with Gasteiger partial charge >= 0.3 is 0 Å². The van der Waals surface area contributed by atoms with E-state index in [9.17, 15) is 0 Å². The summed E-state index contributed by atoms with van der Waals surface area (Å²) in [5, 5.41) is 7.14. The van der Waals surface area contributed by atoms with Crippen molar-refractivity contribution in [2.45, 2.75) is 0 Å². The second-order valence-electron chi connectivity index (χ2n) is 5.72. The van der Waals surface area contributed by atoms with Gasteiger partial charge in [0.15, 0.2) is 0 Å². The van der Waals surface area contributed by atoms with E-state index in [1.165, 1.54) is 26.9 Å². The zero-order valence-electron chi connectivity index (χ0n) is 12.1. The van der Waals surface area contributed by atoms with E-state index in [1.54, 1.807) is 0 Å². The van der Waals surface area contributed by atoms with Crippen molar-refractivity contribution >= 4 is 43.4 Å². The number of hydrogen-bond donors (Lipinski definition) is 0. The summed E-state index contributed by atoms with van der Waals surface area (Å²) >= 11 is 0. The van der Waals surface area contributed by atoms with Crippen LogP contribution in [-0.4, -0.2) is 14.5 Å². The van der Waals surface area contributed by atoms with Crippen LogP contribution in [0.3, 0.4) is 0 Å². The molecule has 3 nitrogen and oxygen atoms in total. The average Bonchev–Trinajstić information content (AvgIpc) is 2.96. The summed E-state index contributed by atoms with van der Waals surface area (Å²) in [4.78, 5) is 9.35. The largest absolute Gasteiger partial charge is 0.356 e. The molecule has 104 valence electrons. The molecule has 0 aliphatic rings. The maximum atomic E-state index is 4.75. The van der Waals surface area contributed by atoms with Crippen molar-refractivity contribution in [2.24, 2.45) is 7.05 Å². The highest BCUT2D eigenvalue weighted by atomic mass is 14.9. The molecule has 0 fully saturated rings. The summed E-state index contributed by atoms with van der Waals surface area (Å²) in [7, 11) is 2.05. The lowest BCUT2D eigenvalue weighted by Crippen LogP contribution is -1.87. The maximum absolute atomic E-state index is 4.75. The van der Waals surface area contributed by atoms with Crippen molar-refractivity contribution < 1.29 is 0 Å². The fourth-order valence-electron chi connectivity index (χ4n) is 3.42. The first-order valence-electron chi connectivity index (χ1n) is 7.33. The number of fused-ring (bicyclic) bond motifs is 8. The standard InChI is InChI=1S/C19H13N3/c1-22-10-15-16(11-22)18-14(7-4-8-20-18)19-17(15)13-6-3-2-5-12(13)9-21-19/h2-11H,1H3. The fraction of sp³-hybridized carbons (Fsp3) is 0.0526. The molecule has 0 spiro atoms. The van der Waals surface area contributed by atoms with Gasteiger partial charge in [0.1, 0.15) is 0 Å². The molecule has 0 amide bonds. The summed E-state index contributed by atoms with van der Waals surface area (Å²) < 4.78 is 2.10. The van der Waals surface area contributed by atoms with Crippen molar-refractivity contribution in [3.05, 3.63) is 61.2 Å². The van der Waals surface area contributed by atoms with Crippen molar-refractivity contribution in [1.29, 1.82) is 0 Å². The zero-order chi connectivity index (χ0) is 14.7. The molecule has 0 unspecified atom stereocenters. The molecule has 0 N–H and O–H groups in total. The molecule has 2 aromatic carbocycles. The molecular formula is C19H13N3. The van der Waals surface area contributed by atoms with E-state index in [-0.39, 0.29) is 0 Å². The lowest BCUT2D eigenvalue weighted by atomic mass is 9.99. The molecular weight excluding hydrogens is 270 g/mol. The Balaban J connectivity index is 2.23. The van der Waals surface area contributed by atoms with Gasteiger partial charge in [0, 0.05) is 58.8 Å². The molecule has 5 rings (SSSR count). The third kappa shape index (κ3) is 1.40. The van der Waals surface area contributed by atoms with Crippen molar-refractivity contribution in [2.75, 3.05) is 0 Å². The Morgan fingerprint density at radius 1 is 0.773 bits per heavy atom. The molecule has 0 saturated carbocycles. The first kappa shape index (κ1) is 11.7. The maximum Gasteiger partial charge on any atom is 0.0817 e. The Labute approximate surface area is 126 Å². The summed E-state index contributed by atoms with van der Waals surface area (Å²) in [6, 6.07) is 12.5. The van der Waals surface area contributed by atoms with E-state index in [0.29, 0.717) is 0 Å². The second kappa shape index (κ2) is 4.04. The smallest absolute Gasteiger partial charge is 0.0817 e. The zero-order valence-corrected chi connectivity index (χ0v) is 12.1. The van der Waals surface area contributed by atoms with Crippen LogP contribution in [0, 0.1) is 0 Å². The van der Waals surface area contributed by atoms with Crippen LogP contribution < -0.4 is 0 Å². The number of pyridine rings is 2. The highest BCUT2D eigenvalue weighted by molar-refractivity contribution is 6.29. The van der Waals surface area contributed by atoms with Gasteiger partial charge in [-0.1, -0.05) is 24.3 Å². The molecule has 0 saturated heterocycles. The Morgan fingerprint density at radius 3 is 2.55 bits per heavy atom. The van der Waals surface area contributed by atoms with Gasteiger partial charge in [-0.25, -0.2) is 0 Å². The van der Waals surface area contributed by atoms with E-state index in [1.807, 2.05) is 18.5 Å². The summed E-state index contributed by atoms with van der Waals surface area (Å²) in [6.45, 7) is 0. The lowest BCUT2D eigenvalue weighted by Gasteiger charge is -2.08. The van der Waals surface area contributed by atoms with Crippen LogP contribution in [0.1, 0.15) is 0 Å². The molecule has 3 aromatic heterocycles. The van der Waals surface area contributed by atoms with Gasteiger partial charge in [-0.2, -0.15) is 0 Å². The summed E-state index contributed by atoms with van der Waals surface area (Å²) in [6.07, 6.45) is 8.12. The predicted octanol–water partition coefficient (Wildman–Crippen LogP) is 4.43. The van der Waals surface area contributed by atoms with Crippen LogP contribution in [0.5, 0.6) is 0 Å². The number of nitrogens with zero attached hydrogens (tertiary/aromatic N) is 3. The number of benzene rings is 2. The number of aromatic nitrogens is 3. The van der Waals surface area contributed by atoms with Crippen LogP contribution in [0.2, 0.25) is 0 Å². The van der Waals surface area contributed by atoms with Crippen LogP contribution in [-0.2, 0) is 7.05 Å². The van der Waals surface area contributed by atoms with Gasteiger partial charge in [-0.05, 0) is 17.5 Å². The van der Waals surface area contributed by atoms with Gasteiger partial charge in [-0.3, -0.25) is 9.97 Å². The van der Waals surface area contributed by atoms with Gasteiger partial charge in [0.25, 0.3) is 0 Å². The first-order chi connectivity index (χ1) is 10.8. The van der Waals surface area contributed by atoms with Crippen molar-refractivity contribution in [3.8, 4) is 0 Å². The first-order valence-corrected chi connectivity index (χ1v) is 7.33. The molecule has 22 heavy (non-hydrogen) atoms. The number of hydrogen-bond acceptors (Lipinski definition) is 2. The van der Waals surface area contributed by atoms with Crippen molar-refractivity contribution in [3.63, 3.8) is 0 Å². The van der Waals surface area contributed by atoms with E-state index < -0.39 is 0 Å². The Kier molecular flexibility index (Phi) is 2.15. The SMILES string of the molecule is Cn1cc2c(c1)c1c3ccccc3cnc1c1cccnc21. The number of rotatable bonds is 0. The van der Waals surface area contributed by atoms with E-state index in [4.69, 9.17) is 4.98 Å². The highest BCUT2D eigenvalue weighted by Crippen LogP contribution is 2.36. The van der Waals surface area contributed by atoms with Crippen LogP contribution in [0.15, 0.2) is 61.2 Å². The Bertz CT molecular complexity index is 1180. The molecule has 5 aromatic rings. The quantitative estimate of drug-likeness (QED) is 0.394. The highest BCUT2D eigenvalue weighted by Gasteiger charge is 2.13. The number of aryl methyl sites for hydroxylation is 1. The van der Waals surface area contributed by atoms with Gasteiger partial charge in [-0.15, -0.1) is 0 Å². The van der Waals surface area contributed by atoms with Gasteiger partial charge in [0.05, 0.1) is 11.0 Å². The molecule has 3 heterocycles. The predicted molar refractivity (Wildman–Crippen MR) is 91.0 cm³/mol. The monoisotopic (exact) mass is 283 g/mol. The van der Waals surface area contributed by atoms with E-state index in [2.05, 4.69) is 59.3 Å². The van der Waals surface area contributed by atoms with Crippen LogP contribution >= 0.6 is 0 Å². The summed E-state index contributed by atoms with van der Waals surface area (Å²) in [5.74, 6) is 0. The summed E-state index contributed by atoms with van der Waals surface area (Å²) in [5.41, 5.74) is 2.05. The molecule has 0 atom stereocenters. The molecule has 0 radical (unpaired) electrons. The average molecular weight is 283 g/mol. The molecule has 0 bridgehead atoms. The van der Waals surface area contributed by atoms with Gasteiger partial charge < -0.3 is 4.57 Å². The third-order valence-corrected chi connectivity index (χ3v) is 4.34. The van der Waals surface area contributed by atoms with Crippen LogP contribution in [0.4, 0.5) is 0 Å². The third-order valence-electron chi connectivity index (χ3n) is 4.34.